The molecule has 1 aliphatic rings. The van der Waals surface area contributed by atoms with Crippen molar-refractivity contribution in [1.82, 2.24) is 15.2 Å². The predicted molar refractivity (Wildman–Crippen MR) is 123 cm³/mol. The fourth-order valence-electron chi connectivity index (χ4n) is 3.60. The van der Waals surface area contributed by atoms with Crippen LogP contribution in [0.1, 0.15) is 29.1 Å². The number of anilines is 1. The first-order chi connectivity index (χ1) is 14.7. The van der Waals surface area contributed by atoms with Crippen molar-refractivity contribution in [3.05, 3.63) is 76.7 Å². The summed E-state index contributed by atoms with van der Waals surface area (Å²) in [6.45, 7) is 0.499. The number of nitrogens with one attached hydrogen (secondary N) is 2. The van der Waals surface area contributed by atoms with Gasteiger partial charge in [0.1, 0.15) is 5.75 Å². The number of carbonyl (C=O) groups is 1. The smallest absolute Gasteiger partial charge is 0.226 e. The van der Waals surface area contributed by atoms with E-state index >= 15 is 0 Å². The summed E-state index contributed by atoms with van der Waals surface area (Å²) in [5.74, 6) is 0.546. The van der Waals surface area contributed by atoms with Gasteiger partial charge in [-0.25, -0.2) is 0 Å². The summed E-state index contributed by atoms with van der Waals surface area (Å²) in [6.07, 6.45) is 2.09. The summed E-state index contributed by atoms with van der Waals surface area (Å²) in [7, 11) is 1.59. The number of thiocarbonyl (C=S) groups is 1. The summed E-state index contributed by atoms with van der Waals surface area (Å²) in [5.41, 5.74) is 1.59. The van der Waals surface area contributed by atoms with Crippen LogP contribution < -0.4 is 15.4 Å². The van der Waals surface area contributed by atoms with E-state index in [2.05, 4.69) is 32.0 Å². The fraction of sp³-hybridized carbons (Fsp3) is 0.227. The van der Waals surface area contributed by atoms with Crippen LogP contribution in [0.3, 0.4) is 0 Å². The molecule has 1 aromatic carbocycles. The van der Waals surface area contributed by atoms with Crippen LogP contribution in [0.25, 0.3) is 0 Å². The molecule has 8 heteroatoms. The molecule has 2 N–H and O–H groups in total. The Morgan fingerprint density at radius 2 is 2.07 bits per heavy atom. The largest absolute Gasteiger partial charge is 0.495 e. The van der Waals surface area contributed by atoms with Crippen LogP contribution in [-0.4, -0.2) is 34.6 Å². The number of nitrogens with zero attached hydrogens (tertiary/aromatic N) is 2. The number of pyridine rings is 1. The Morgan fingerprint density at radius 3 is 2.80 bits per heavy atom. The first-order valence-corrected chi connectivity index (χ1v) is 10.9. The van der Waals surface area contributed by atoms with Gasteiger partial charge in [-0.3, -0.25) is 9.78 Å². The SMILES string of the molecule is COc1ccccc1NC(=O)CCN1C(=S)N[C@@H](c2ccccn2)[C@@H]1c1cccs1. The van der Waals surface area contributed by atoms with E-state index < -0.39 is 0 Å². The van der Waals surface area contributed by atoms with E-state index in [4.69, 9.17) is 17.0 Å². The Labute approximate surface area is 184 Å². The second-order valence-corrected chi connectivity index (χ2v) is 8.20. The maximum absolute atomic E-state index is 12.6. The maximum atomic E-state index is 12.6. The summed E-state index contributed by atoms with van der Waals surface area (Å²) in [4.78, 5) is 20.4. The minimum Gasteiger partial charge on any atom is -0.495 e. The average Bonchev–Trinajstić information content (AvgIpc) is 3.41. The number of rotatable bonds is 7. The number of aromatic nitrogens is 1. The molecule has 3 aromatic rings. The van der Waals surface area contributed by atoms with Gasteiger partial charge in [0, 0.05) is 24.0 Å². The zero-order valence-electron chi connectivity index (χ0n) is 16.4. The number of para-hydroxylation sites is 2. The van der Waals surface area contributed by atoms with Crippen molar-refractivity contribution >= 4 is 40.3 Å². The number of methoxy groups -OCH3 is 1. The molecule has 3 heterocycles. The average molecular weight is 439 g/mol. The predicted octanol–water partition coefficient (Wildman–Crippen LogP) is 4.15. The number of amides is 1. The monoisotopic (exact) mass is 438 g/mol. The number of hydrogen-bond acceptors (Lipinski definition) is 5. The van der Waals surface area contributed by atoms with Crippen molar-refractivity contribution in [1.29, 1.82) is 0 Å². The van der Waals surface area contributed by atoms with Crippen molar-refractivity contribution in [3.63, 3.8) is 0 Å². The molecule has 1 fully saturated rings. The lowest BCUT2D eigenvalue weighted by molar-refractivity contribution is -0.116. The molecule has 4 rings (SSSR count). The summed E-state index contributed by atoms with van der Waals surface area (Å²) >= 11 is 7.31. The van der Waals surface area contributed by atoms with Crippen LogP contribution in [0.5, 0.6) is 5.75 Å². The van der Waals surface area contributed by atoms with Gasteiger partial charge in [0.15, 0.2) is 5.11 Å². The molecule has 1 saturated heterocycles. The van der Waals surface area contributed by atoms with Crippen LogP contribution >= 0.6 is 23.6 Å². The van der Waals surface area contributed by atoms with Gasteiger partial charge in [0.05, 0.1) is 30.6 Å². The minimum atomic E-state index is -0.0893. The number of carbonyl (C=O) groups excluding carboxylic acids is 1. The van der Waals surface area contributed by atoms with Gasteiger partial charge in [-0.1, -0.05) is 24.3 Å². The van der Waals surface area contributed by atoms with Crippen molar-refractivity contribution in [2.24, 2.45) is 0 Å². The van der Waals surface area contributed by atoms with Crippen molar-refractivity contribution < 1.29 is 9.53 Å². The third kappa shape index (κ3) is 4.29. The molecule has 30 heavy (non-hydrogen) atoms. The van der Waals surface area contributed by atoms with Gasteiger partial charge in [-0.15, -0.1) is 11.3 Å². The molecule has 2 aromatic heterocycles. The van der Waals surface area contributed by atoms with E-state index in [1.807, 2.05) is 48.5 Å². The van der Waals surface area contributed by atoms with E-state index in [-0.39, 0.29) is 18.0 Å². The molecule has 2 atom stereocenters. The lowest BCUT2D eigenvalue weighted by atomic mass is 10.0. The first kappa shape index (κ1) is 20.3. The Hall–Kier alpha value is -2.97. The van der Waals surface area contributed by atoms with Gasteiger partial charge in [-0.05, 0) is 47.9 Å². The quantitative estimate of drug-likeness (QED) is 0.540. The normalized spacial score (nSPS) is 18.2. The van der Waals surface area contributed by atoms with Crippen LogP contribution in [0.15, 0.2) is 66.2 Å². The molecule has 0 unspecified atom stereocenters. The molecular weight excluding hydrogens is 416 g/mol. The molecule has 1 amide bonds. The maximum Gasteiger partial charge on any atom is 0.226 e. The number of benzene rings is 1. The molecule has 1 aliphatic heterocycles. The molecule has 0 saturated carbocycles. The van der Waals surface area contributed by atoms with E-state index in [0.29, 0.717) is 29.5 Å². The topological polar surface area (TPSA) is 66.5 Å². The van der Waals surface area contributed by atoms with Crippen molar-refractivity contribution in [2.45, 2.75) is 18.5 Å². The van der Waals surface area contributed by atoms with Crippen molar-refractivity contribution in [2.75, 3.05) is 19.0 Å². The van der Waals surface area contributed by atoms with E-state index in [0.717, 1.165) is 5.69 Å². The zero-order chi connectivity index (χ0) is 20.9. The Balaban J connectivity index is 1.49. The van der Waals surface area contributed by atoms with Crippen LogP contribution in [0.2, 0.25) is 0 Å². The van der Waals surface area contributed by atoms with E-state index in [1.54, 1.807) is 24.6 Å². The highest BCUT2D eigenvalue weighted by Gasteiger charge is 2.40. The van der Waals surface area contributed by atoms with Crippen molar-refractivity contribution in [3.8, 4) is 5.75 Å². The summed E-state index contributed by atoms with van der Waals surface area (Å²) in [5, 5.41) is 9.02. The highest BCUT2D eigenvalue weighted by Crippen LogP contribution is 2.40. The Kier molecular flexibility index (Phi) is 6.25. The lowest BCUT2D eigenvalue weighted by Crippen LogP contribution is -2.32. The molecule has 154 valence electrons. The van der Waals surface area contributed by atoms with Crippen LogP contribution in [0, 0.1) is 0 Å². The highest BCUT2D eigenvalue weighted by molar-refractivity contribution is 7.80. The number of thiophene rings is 1. The third-order valence-electron chi connectivity index (χ3n) is 4.99. The molecule has 6 nitrogen and oxygen atoms in total. The van der Waals surface area contributed by atoms with Gasteiger partial charge < -0.3 is 20.3 Å². The number of hydrogen-bond donors (Lipinski definition) is 2. The fourth-order valence-corrected chi connectivity index (χ4v) is 4.80. The third-order valence-corrected chi connectivity index (χ3v) is 6.29. The number of ether oxygens (including phenoxy) is 1. The first-order valence-electron chi connectivity index (χ1n) is 9.61. The van der Waals surface area contributed by atoms with E-state index in [1.165, 1.54) is 4.88 Å². The van der Waals surface area contributed by atoms with Crippen LogP contribution in [-0.2, 0) is 4.79 Å². The second-order valence-electron chi connectivity index (χ2n) is 6.83. The standard InChI is InChI=1S/C22H22N4O2S2/c1-28-17-9-3-2-7-15(17)24-19(27)11-13-26-21(18-10-6-14-30-18)20(25-22(26)29)16-8-4-5-12-23-16/h2-10,12,14,20-21H,11,13H2,1H3,(H,24,27)(H,25,29)/t20-,21-/m0/s1. The molecule has 0 spiro atoms. The minimum absolute atomic E-state index is 0.00791. The zero-order valence-corrected chi connectivity index (χ0v) is 18.1. The highest BCUT2D eigenvalue weighted by atomic mass is 32.1. The van der Waals surface area contributed by atoms with E-state index in [9.17, 15) is 4.79 Å². The molecule has 0 aliphatic carbocycles. The Bertz CT molecular complexity index is 1010. The molecule has 0 radical (unpaired) electrons. The van der Waals surface area contributed by atoms with Gasteiger partial charge in [-0.2, -0.15) is 0 Å². The van der Waals surface area contributed by atoms with Gasteiger partial charge >= 0.3 is 0 Å². The Morgan fingerprint density at radius 1 is 1.23 bits per heavy atom. The second kappa shape index (κ2) is 9.23. The van der Waals surface area contributed by atoms with Gasteiger partial charge in [0.2, 0.25) is 5.91 Å². The lowest BCUT2D eigenvalue weighted by Gasteiger charge is -2.26. The van der Waals surface area contributed by atoms with Gasteiger partial charge in [0.25, 0.3) is 0 Å². The molecular formula is C22H22N4O2S2. The van der Waals surface area contributed by atoms with Crippen LogP contribution in [0.4, 0.5) is 5.69 Å². The molecule has 0 bridgehead atoms. The summed E-state index contributed by atoms with van der Waals surface area (Å²) in [6, 6.07) is 17.3. The summed E-state index contributed by atoms with van der Waals surface area (Å²) < 4.78 is 5.31.